The summed E-state index contributed by atoms with van der Waals surface area (Å²) in [7, 11) is 0. The van der Waals surface area contributed by atoms with Crippen LogP contribution >= 0.6 is 0 Å². The fraction of sp³-hybridized carbons (Fsp3) is 0.600. The van der Waals surface area contributed by atoms with Crippen molar-refractivity contribution in [2.24, 2.45) is 0 Å². The summed E-state index contributed by atoms with van der Waals surface area (Å²) in [5, 5.41) is 3.00. The first-order valence-electron chi connectivity index (χ1n) is 2.63. The van der Waals surface area contributed by atoms with E-state index >= 15 is 0 Å². The summed E-state index contributed by atoms with van der Waals surface area (Å²) < 4.78 is 2.06. The molecule has 0 saturated heterocycles. The van der Waals surface area contributed by atoms with Crippen LogP contribution in [0.4, 0.5) is 0 Å². The van der Waals surface area contributed by atoms with Crippen molar-refractivity contribution in [3.05, 3.63) is 12.4 Å². The fourth-order valence-corrected chi connectivity index (χ4v) is 0.560. The lowest BCUT2D eigenvalue weighted by atomic mass is 10.5. The van der Waals surface area contributed by atoms with Gasteiger partial charge in [0.15, 0.2) is 0 Å². The highest BCUT2D eigenvalue weighted by Crippen LogP contribution is 1.86. The molecule has 0 aliphatic carbocycles. The van der Waals surface area contributed by atoms with Crippen LogP contribution in [0, 0.1) is 0 Å². The van der Waals surface area contributed by atoms with Crippen LogP contribution in [0.25, 0.3) is 0 Å². The van der Waals surface area contributed by atoms with Crippen molar-refractivity contribution >= 4 is 0 Å². The van der Waals surface area contributed by atoms with Crippen molar-refractivity contribution in [1.29, 1.82) is 0 Å². The zero-order chi connectivity index (χ0) is 5.11. The maximum absolute atomic E-state index is 3.00. The number of H-pyrrole nitrogens is 1. The van der Waals surface area contributed by atoms with E-state index in [1.165, 1.54) is 6.42 Å². The lowest BCUT2D eigenvalue weighted by Gasteiger charge is -2.05. The van der Waals surface area contributed by atoms with Crippen LogP contribution in [0.3, 0.4) is 0 Å². The number of aromatic amines is 1. The van der Waals surface area contributed by atoms with E-state index in [0.29, 0.717) is 0 Å². The second-order valence-electron chi connectivity index (χ2n) is 1.64. The Morgan fingerprint density at radius 2 is 2.43 bits per heavy atom. The largest absolute Gasteiger partial charge is 0.305 e. The maximum atomic E-state index is 3.00. The predicted molar refractivity (Wildman–Crippen MR) is 29.1 cm³/mol. The molecule has 0 atom stereocenters. The summed E-state index contributed by atoms with van der Waals surface area (Å²) >= 11 is 0. The summed E-state index contributed by atoms with van der Waals surface area (Å²) in [6, 6.07) is 0. The molecule has 0 aliphatic rings. The van der Waals surface area contributed by atoms with Gasteiger partial charge in [-0.15, -0.1) is 0 Å². The summed E-state index contributed by atoms with van der Waals surface area (Å²) in [6.07, 6.45) is 5.16. The second kappa shape index (κ2) is 1.87. The van der Waals surface area contributed by atoms with Gasteiger partial charge in [-0.2, -0.15) is 0 Å². The third-order valence-electron chi connectivity index (χ3n) is 0.959. The molecule has 0 bridgehead atoms. The average molecular weight is 98.1 g/mol. The van der Waals surface area contributed by atoms with Gasteiger partial charge in [0.25, 0.3) is 0 Å². The van der Waals surface area contributed by atoms with Crippen LogP contribution in [0.15, 0.2) is 12.4 Å². The first-order chi connectivity index (χ1) is 3.43. The summed E-state index contributed by atoms with van der Waals surface area (Å²) in [5.41, 5.74) is 0. The average Bonchev–Trinajstić information content (AvgIpc) is 1.55. The summed E-state index contributed by atoms with van der Waals surface area (Å²) in [4.78, 5) is 0. The standard InChI is InChI=1S/C5H10N2/c1-2-4-7-5-3-6-7/h3,5-6H,2,4H2,1H3. The molecule has 1 aromatic heterocycles. The first-order valence-corrected chi connectivity index (χ1v) is 2.63. The van der Waals surface area contributed by atoms with Crippen LogP contribution in [0.2, 0.25) is 0 Å². The van der Waals surface area contributed by atoms with Gasteiger partial charge in [-0.1, -0.05) is 6.92 Å². The maximum Gasteiger partial charge on any atom is 0.0386 e. The van der Waals surface area contributed by atoms with Gasteiger partial charge in [-0.3, -0.25) is 4.68 Å². The Morgan fingerprint density at radius 3 is 2.57 bits per heavy atom. The topological polar surface area (TPSA) is 20.7 Å². The van der Waals surface area contributed by atoms with Crippen LogP contribution in [-0.4, -0.2) is 9.78 Å². The van der Waals surface area contributed by atoms with Gasteiger partial charge in [0, 0.05) is 18.9 Å². The third kappa shape index (κ3) is 0.856. The molecule has 1 N–H and O–H groups in total. The molecule has 0 amide bonds. The predicted octanol–water partition coefficient (Wildman–Crippen LogP) is 1.23. The van der Waals surface area contributed by atoms with Crippen molar-refractivity contribution in [2.45, 2.75) is 19.9 Å². The number of hydrogen-bond donors (Lipinski definition) is 1. The van der Waals surface area contributed by atoms with Crippen LogP contribution < -0.4 is 0 Å². The smallest absolute Gasteiger partial charge is 0.0386 e. The van der Waals surface area contributed by atoms with Crippen molar-refractivity contribution < 1.29 is 0 Å². The van der Waals surface area contributed by atoms with Gasteiger partial charge in [-0.25, -0.2) is 0 Å². The Bertz CT molecular complexity index is 109. The van der Waals surface area contributed by atoms with Gasteiger partial charge in [0.2, 0.25) is 0 Å². The molecule has 40 valence electrons. The van der Waals surface area contributed by atoms with Crippen molar-refractivity contribution in [2.75, 3.05) is 0 Å². The Morgan fingerprint density at radius 1 is 1.71 bits per heavy atom. The van der Waals surface area contributed by atoms with E-state index in [1.54, 1.807) is 0 Å². The van der Waals surface area contributed by atoms with E-state index in [2.05, 4.69) is 16.7 Å². The van der Waals surface area contributed by atoms with Gasteiger partial charge in [-0.05, 0) is 6.42 Å². The summed E-state index contributed by atoms with van der Waals surface area (Å²) in [5.74, 6) is 0. The zero-order valence-electron chi connectivity index (χ0n) is 4.52. The molecule has 0 unspecified atom stereocenters. The molecule has 0 aliphatic heterocycles. The van der Waals surface area contributed by atoms with E-state index in [0.717, 1.165) is 6.54 Å². The highest BCUT2D eigenvalue weighted by molar-refractivity contribution is 4.68. The van der Waals surface area contributed by atoms with E-state index in [4.69, 9.17) is 0 Å². The monoisotopic (exact) mass is 98.1 g/mol. The van der Waals surface area contributed by atoms with Crippen LogP contribution in [0.1, 0.15) is 13.3 Å². The molecule has 0 saturated carbocycles. The minimum Gasteiger partial charge on any atom is -0.305 e. The molecular formula is C5H10N2. The number of hydrogen-bond acceptors (Lipinski definition) is 0. The molecule has 2 heteroatoms. The molecule has 0 fully saturated rings. The highest BCUT2D eigenvalue weighted by atomic mass is 15.3. The third-order valence-corrected chi connectivity index (χ3v) is 0.959. The lowest BCUT2D eigenvalue weighted by Crippen LogP contribution is -2.04. The Balaban J connectivity index is 2.26. The van der Waals surface area contributed by atoms with Crippen LogP contribution in [0.5, 0.6) is 0 Å². The molecule has 7 heavy (non-hydrogen) atoms. The number of aromatic nitrogens is 2. The fourth-order valence-electron chi connectivity index (χ4n) is 0.560. The molecule has 0 aromatic carbocycles. The van der Waals surface area contributed by atoms with Crippen LogP contribution in [-0.2, 0) is 6.54 Å². The van der Waals surface area contributed by atoms with Gasteiger partial charge in [0.1, 0.15) is 0 Å². The molecule has 2 nitrogen and oxygen atoms in total. The molecule has 0 spiro atoms. The number of rotatable bonds is 2. The second-order valence-corrected chi connectivity index (χ2v) is 1.64. The molecular weight excluding hydrogens is 88.1 g/mol. The molecule has 1 rings (SSSR count). The van der Waals surface area contributed by atoms with E-state index in [-0.39, 0.29) is 0 Å². The SMILES string of the molecule is CCCn1cc[nH]1. The van der Waals surface area contributed by atoms with Crippen molar-refractivity contribution in [3.63, 3.8) is 0 Å². The summed E-state index contributed by atoms with van der Waals surface area (Å²) in [6.45, 7) is 3.28. The van der Waals surface area contributed by atoms with E-state index in [9.17, 15) is 0 Å². The van der Waals surface area contributed by atoms with Gasteiger partial charge >= 0.3 is 0 Å². The minimum absolute atomic E-state index is 1.12. The number of nitrogens with one attached hydrogen (secondary N) is 1. The Hall–Kier alpha value is -0.660. The van der Waals surface area contributed by atoms with Gasteiger partial charge < -0.3 is 5.10 Å². The molecule has 1 heterocycles. The van der Waals surface area contributed by atoms with Crippen molar-refractivity contribution in [1.82, 2.24) is 9.78 Å². The Labute approximate surface area is 43.1 Å². The Kier molecular flexibility index (Phi) is 1.20. The van der Waals surface area contributed by atoms with E-state index < -0.39 is 0 Å². The van der Waals surface area contributed by atoms with Crippen molar-refractivity contribution in [3.8, 4) is 0 Å². The molecule has 1 aromatic rings. The zero-order valence-corrected chi connectivity index (χ0v) is 4.52. The molecule has 0 radical (unpaired) electrons. The quantitative estimate of drug-likeness (QED) is 0.574. The first kappa shape index (κ1) is 4.50. The lowest BCUT2D eigenvalue weighted by molar-refractivity contribution is 0.557. The van der Waals surface area contributed by atoms with E-state index in [1.807, 2.05) is 12.4 Å². The minimum atomic E-state index is 1.12. The number of aryl methyl sites for hydroxylation is 1. The number of nitrogens with zero attached hydrogens (tertiary/aromatic N) is 1. The highest BCUT2D eigenvalue weighted by Gasteiger charge is 1.82. The normalized spacial score (nSPS) is 9.86. The van der Waals surface area contributed by atoms with Gasteiger partial charge in [0.05, 0.1) is 0 Å².